The van der Waals surface area contributed by atoms with Crippen LogP contribution in [-0.2, 0) is 9.53 Å². The Balaban J connectivity index is 2.80. The van der Waals surface area contributed by atoms with E-state index in [-0.39, 0.29) is 18.2 Å². The van der Waals surface area contributed by atoms with E-state index in [9.17, 15) is 9.90 Å². The van der Waals surface area contributed by atoms with Crippen molar-refractivity contribution in [1.82, 2.24) is 0 Å². The molecule has 1 rings (SSSR count). The van der Waals surface area contributed by atoms with Crippen LogP contribution >= 0.6 is 0 Å². The molecule has 0 aliphatic rings. The van der Waals surface area contributed by atoms with Gasteiger partial charge < -0.3 is 20.9 Å². The van der Waals surface area contributed by atoms with Crippen molar-refractivity contribution in [2.24, 2.45) is 5.73 Å². The van der Waals surface area contributed by atoms with Gasteiger partial charge in [-0.15, -0.1) is 0 Å². The first-order valence-electron chi connectivity index (χ1n) is 4.92. The molecule has 0 saturated carbocycles. The smallest absolute Gasteiger partial charge is 0.254 e. The number of phenols is 1. The van der Waals surface area contributed by atoms with Crippen LogP contribution in [0.2, 0.25) is 0 Å². The van der Waals surface area contributed by atoms with E-state index in [1.54, 1.807) is 25.1 Å². The summed E-state index contributed by atoms with van der Waals surface area (Å²) in [7, 11) is 1.41. The fraction of sp³-hybridized carbons (Fsp3) is 0.364. The number of amides is 1. The zero-order valence-electron chi connectivity index (χ0n) is 9.36. The third-order valence-corrected chi connectivity index (χ3v) is 2.29. The lowest BCUT2D eigenvalue weighted by Gasteiger charge is -2.14. The SMILES string of the molecule is COC(CN)C(=O)Nc1cccc(C)c1O. The highest BCUT2D eigenvalue weighted by molar-refractivity contribution is 5.95. The van der Waals surface area contributed by atoms with Crippen LogP contribution in [0.4, 0.5) is 5.69 Å². The molecule has 1 aromatic carbocycles. The van der Waals surface area contributed by atoms with Crippen LogP contribution in [0.5, 0.6) is 5.75 Å². The summed E-state index contributed by atoms with van der Waals surface area (Å²) in [5, 5.41) is 12.2. The standard InChI is InChI=1S/C11H16N2O3/c1-7-4-3-5-8(10(7)14)13-11(15)9(6-12)16-2/h3-5,9,14H,6,12H2,1-2H3,(H,13,15). The number of anilines is 1. The summed E-state index contributed by atoms with van der Waals surface area (Å²) in [5.41, 5.74) is 6.41. The summed E-state index contributed by atoms with van der Waals surface area (Å²) in [5.74, 6) is -0.311. The lowest BCUT2D eigenvalue weighted by molar-refractivity contribution is -0.125. The Kier molecular flexibility index (Phi) is 4.28. The molecule has 1 atom stereocenters. The van der Waals surface area contributed by atoms with Crippen molar-refractivity contribution in [2.45, 2.75) is 13.0 Å². The van der Waals surface area contributed by atoms with E-state index in [4.69, 9.17) is 10.5 Å². The molecule has 0 saturated heterocycles. The van der Waals surface area contributed by atoms with Gasteiger partial charge in [0.25, 0.3) is 5.91 Å². The molecule has 0 aromatic heterocycles. The Morgan fingerprint density at radius 2 is 2.31 bits per heavy atom. The Hall–Kier alpha value is -1.59. The minimum absolute atomic E-state index is 0.0581. The fourth-order valence-corrected chi connectivity index (χ4v) is 1.28. The number of hydrogen-bond donors (Lipinski definition) is 3. The van der Waals surface area contributed by atoms with Crippen molar-refractivity contribution in [3.63, 3.8) is 0 Å². The third kappa shape index (κ3) is 2.71. The van der Waals surface area contributed by atoms with Crippen LogP contribution in [-0.4, -0.2) is 30.8 Å². The molecule has 16 heavy (non-hydrogen) atoms. The number of nitrogens with two attached hydrogens (primary N) is 1. The molecule has 0 heterocycles. The van der Waals surface area contributed by atoms with Crippen LogP contribution in [0.1, 0.15) is 5.56 Å². The first-order valence-corrected chi connectivity index (χ1v) is 4.92. The topological polar surface area (TPSA) is 84.6 Å². The highest BCUT2D eigenvalue weighted by atomic mass is 16.5. The number of phenolic OH excluding ortho intramolecular Hbond substituents is 1. The molecule has 5 heteroatoms. The van der Waals surface area contributed by atoms with E-state index >= 15 is 0 Å². The number of carbonyl (C=O) groups excluding carboxylic acids is 1. The molecule has 1 aromatic rings. The number of benzene rings is 1. The second kappa shape index (κ2) is 5.48. The number of methoxy groups -OCH3 is 1. The normalized spacial score (nSPS) is 12.2. The average Bonchev–Trinajstić information content (AvgIpc) is 2.26. The van der Waals surface area contributed by atoms with E-state index in [1.165, 1.54) is 7.11 Å². The molecule has 0 radical (unpaired) electrons. The predicted octanol–water partition coefficient (Wildman–Crippen LogP) is 0.613. The van der Waals surface area contributed by atoms with E-state index in [1.807, 2.05) is 0 Å². The van der Waals surface area contributed by atoms with Gasteiger partial charge >= 0.3 is 0 Å². The monoisotopic (exact) mass is 224 g/mol. The second-order valence-corrected chi connectivity index (χ2v) is 3.42. The van der Waals surface area contributed by atoms with Crippen LogP contribution in [0.15, 0.2) is 18.2 Å². The van der Waals surface area contributed by atoms with Gasteiger partial charge in [0.2, 0.25) is 0 Å². The van der Waals surface area contributed by atoms with Crippen molar-refractivity contribution in [3.8, 4) is 5.75 Å². The van der Waals surface area contributed by atoms with Gasteiger partial charge in [-0.3, -0.25) is 4.79 Å². The number of hydrogen-bond acceptors (Lipinski definition) is 4. The molecule has 88 valence electrons. The number of aromatic hydroxyl groups is 1. The summed E-state index contributed by atoms with van der Waals surface area (Å²) in [4.78, 5) is 11.6. The van der Waals surface area contributed by atoms with Crippen LogP contribution in [0.25, 0.3) is 0 Å². The van der Waals surface area contributed by atoms with Crippen molar-refractivity contribution in [3.05, 3.63) is 23.8 Å². The van der Waals surface area contributed by atoms with Crippen molar-refractivity contribution < 1.29 is 14.6 Å². The molecule has 1 unspecified atom stereocenters. The quantitative estimate of drug-likeness (QED) is 0.654. The number of carbonyl (C=O) groups is 1. The Bertz CT molecular complexity index is 375. The Labute approximate surface area is 94.2 Å². The minimum atomic E-state index is -0.708. The third-order valence-electron chi connectivity index (χ3n) is 2.29. The Morgan fingerprint density at radius 1 is 1.62 bits per heavy atom. The van der Waals surface area contributed by atoms with Crippen LogP contribution in [0, 0.1) is 6.92 Å². The van der Waals surface area contributed by atoms with Crippen LogP contribution < -0.4 is 11.1 Å². The zero-order valence-corrected chi connectivity index (χ0v) is 9.36. The van der Waals surface area contributed by atoms with E-state index in [0.29, 0.717) is 11.3 Å². The molecule has 1 amide bonds. The number of para-hydroxylation sites is 1. The minimum Gasteiger partial charge on any atom is -0.505 e. The largest absolute Gasteiger partial charge is 0.505 e. The van der Waals surface area contributed by atoms with Crippen molar-refractivity contribution in [1.29, 1.82) is 0 Å². The molecule has 0 spiro atoms. The summed E-state index contributed by atoms with van der Waals surface area (Å²) < 4.78 is 4.88. The maximum Gasteiger partial charge on any atom is 0.254 e. The molecule has 4 N–H and O–H groups in total. The van der Waals surface area contributed by atoms with Gasteiger partial charge in [-0.05, 0) is 18.6 Å². The summed E-state index contributed by atoms with van der Waals surface area (Å²) >= 11 is 0. The highest BCUT2D eigenvalue weighted by Gasteiger charge is 2.17. The van der Waals surface area contributed by atoms with Crippen molar-refractivity contribution in [2.75, 3.05) is 19.0 Å². The van der Waals surface area contributed by atoms with E-state index in [2.05, 4.69) is 5.32 Å². The maximum atomic E-state index is 11.6. The van der Waals surface area contributed by atoms with E-state index < -0.39 is 6.10 Å². The lowest BCUT2D eigenvalue weighted by Crippen LogP contribution is -2.35. The number of nitrogens with one attached hydrogen (secondary N) is 1. The van der Waals surface area contributed by atoms with Gasteiger partial charge in [0.15, 0.2) is 0 Å². The number of aryl methyl sites for hydroxylation is 1. The van der Waals surface area contributed by atoms with Gasteiger partial charge in [0, 0.05) is 13.7 Å². The van der Waals surface area contributed by atoms with Gasteiger partial charge in [0.05, 0.1) is 5.69 Å². The van der Waals surface area contributed by atoms with Gasteiger partial charge in [-0.1, -0.05) is 12.1 Å². The molecule has 5 nitrogen and oxygen atoms in total. The second-order valence-electron chi connectivity index (χ2n) is 3.42. The molecule has 0 aliphatic heterocycles. The first-order chi connectivity index (χ1) is 7.60. The van der Waals surface area contributed by atoms with Crippen molar-refractivity contribution >= 4 is 11.6 Å². The molecular weight excluding hydrogens is 208 g/mol. The van der Waals surface area contributed by atoms with Gasteiger partial charge in [-0.2, -0.15) is 0 Å². The molecule has 0 fully saturated rings. The average molecular weight is 224 g/mol. The summed E-state index contributed by atoms with van der Waals surface area (Å²) in [6, 6.07) is 5.11. The lowest BCUT2D eigenvalue weighted by atomic mass is 10.2. The summed E-state index contributed by atoms with van der Waals surface area (Å²) in [6.07, 6.45) is -0.708. The first kappa shape index (κ1) is 12.5. The highest BCUT2D eigenvalue weighted by Crippen LogP contribution is 2.26. The van der Waals surface area contributed by atoms with Crippen LogP contribution in [0.3, 0.4) is 0 Å². The fourth-order valence-electron chi connectivity index (χ4n) is 1.28. The maximum absolute atomic E-state index is 11.6. The van der Waals surface area contributed by atoms with Gasteiger partial charge in [-0.25, -0.2) is 0 Å². The van der Waals surface area contributed by atoms with E-state index in [0.717, 1.165) is 0 Å². The molecular formula is C11H16N2O3. The zero-order chi connectivity index (χ0) is 12.1. The number of ether oxygens (including phenoxy) is 1. The number of rotatable bonds is 4. The predicted molar refractivity (Wildman–Crippen MR) is 61.3 cm³/mol. The molecule has 0 bridgehead atoms. The summed E-state index contributed by atoms with van der Waals surface area (Å²) in [6.45, 7) is 1.84. The Morgan fingerprint density at radius 3 is 2.88 bits per heavy atom. The van der Waals surface area contributed by atoms with Gasteiger partial charge in [0.1, 0.15) is 11.9 Å². The molecule has 0 aliphatic carbocycles.